The van der Waals surface area contributed by atoms with Crippen LogP contribution in [0, 0.1) is 30.6 Å². The van der Waals surface area contributed by atoms with Gasteiger partial charge in [0.1, 0.15) is 6.54 Å². The molecule has 1 rings (SSSR count). The van der Waals surface area contributed by atoms with Crippen molar-refractivity contribution >= 4 is 17.5 Å². The van der Waals surface area contributed by atoms with E-state index in [-0.39, 0.29) is 19.0 Å². The second-order valence-electron chi connectivity index (χ2n) is 3.54. The average Bonchev–Trinajstić information content (AvgIpc) is 2.26. The molecule has 0 unspecified atom stereocenters. The summed E-state index contributed by atoms with van der Waals surface area (Å²) in [6.07, 6.45) is 5.16. The molecular formula is C13H11ClN2O. The van der Waals surface area contributed by atoms with E-state index in [0.29, 0.717) is 10.6 Å². The first-order valence-corrected chi connectivity index (χ1v) is 5.33. The SMILES string of the molecule is C#CCN(CC#N)C(=O)c1cc(C)cc(Cl)c1. The van der Waals surface area contributed by atoms with Crippen molar-refractivity contribution in [2.45, 2.75) is 6.92 Å². The Balaban J connectivity index is 3.02. The van der Waals surface area contributed by atoms with E-state index in [9.17, 15) is 4.79 Å². The fourth-order valence-corrected chi connectivity index (χ4v) is 1.73. The van der Waals surface area contributed by atoms with Gasteiger partial charge in [0.05, 0.1) is 12.6 Å². The van der Waals surface area contributed by atoms with Gasteiger partial charge in [0.15, 0.2) is 0 Å². The first-order valence-electron chi connectivity index (χ1n) is 4.95. The highest BCUT2D eigenvalue weighted by Gasteiger charge is 2.15. The van der Waals surface area contributed by atoms with E-state index in [1.165, 1.54) is 4.90 Å². The molecule has 0 aromatic heterocycles. The van der Waals surface area contributed by atoms with Crippen LogP contribution in [0.15, 0.2) is 18.2 Å². The molecule has 0 bridgehead atoms. The van der Waals surface area contributed by atoms with Crippen molar-refractivity contribution in [1.82, 2.24) is 4.90 Å². The summed E-state index contributed by atoms with van der Waals surface area (Å²) in [4.78, 5) is 13.3. The second kappa shape index (κ2) is 5.94. The molecule has 0 aliphatic carbocycles. The summed E-state index contributed by atoms with van der Waals surface area (Å²) < 4.78 is 0. The number of halogens is 1. The Morgan fingerprint density at radius 2 is 2.18 bits per heavy atom. The predicted octanol–water partition coefficient (Wildman–Crippen LogP) is 2.25. The normalized spacial score (nSPS) is 9.18. The van der Waals surface area contributed by atoms with E-state index in [0.717, 1.165) is 5.56 Å². The molecule has 3 nitrogen and oxygen atoms in total. The topological polar surface area (TPSA) is 44.1 Å². The van der Waals surface area contributed by atoms with E-state index in [2.05, 4.69) is 5.92 Å². The van der Waals surface area contributed by atoms with Gasteiger partial charge in [0.25, 0.3) is 5.91 Å². The number of carbonyl (C=O) groups is 1. The number of nitriles is 1. The van der Waals surface area contributed by atoms with E-state index in [4.69, 9.17) is 23.3 Å². The Morgan fingerprint density at radius 1 is 1.47 bits per heavy atom. The van der Waals surface area contributed by atoms with E-state index >= 15 is 0 Å². The largest absolute Gasteiger partial charge is 0.314 e. The minimum absolute atomic E-state index is 0.0331. The lowest BCUT2D eigenvalue weighted by Crippen LogP contribution is -2.31. The molecule has 0 saturated heterocycles. The Morgan fingerprint density at radius 3 is 2.71 bits per heavy atom. The van der Waals surface area contributed by atoms with Crippen LogP contribution in [0.2, 0.25) is 5.02 Å². The Kier molecular flexibility index (Phi) is 4.57. The van der Waals surface area contributed by atoms with Crippen molar-refractivity contribution in [3.63, 3.8) is 0 Å². The number of hydrogen-bond acceptors (Lipinski definition) is 2. The van der Waals surface area contributed by atoms with Gasteiger partial charge in [-0.15, -0.1) is 6.42 Å². The zero-order chi connectivity index (χ0) is 12.8. The first-order chi connectivity index (χ1) is 8.08. The third-order valence-electron chi connectivity index (χ3n) is 2.12. The minimum Gasteiger partial charge on any atom is -0.314 e. The number of rotatable bonds is 3. The van der Waals surface area contributed by atoms with Gasteiger partial charge >= 0.3 is 0 Å². The van der Waals surface area contributed by atoms with Crippen LogP contribution in [0.3, 0.4) is 0 Å². The van der Waals surface area contributed by atoms with Gasteiger partial charge in [-0.2, -0.15) is 5.26 Å². The molecule has 0 aliphatic heterocycles. The molecule has 0 atom stereocenters. The summed E-state index contributed by atoms with van der Waals surface area (Å²) in [6.45, 7) is 1.92. The fraction of sp³-hybridized carbons (Fsp3) is 0.231. The number of nitrogens with zero attached hydrogens (tertiary/aromatic N) is 2. The molecule has 86 valence electrons. The van der Waals surface area contributed by atoms with Crippen molar-refractivity contribution in [2.24, 2.45) is 0 Å². The van der Waals surface area contributed by atoms with Gasteiger partial charge in [0, 0.05) is 10.6 Å². The summed E-state index contributed by atoms with van der Waals surface area (Å²) in [7, 11) is 0. The molecule has 1 aromatic carbocycles. The lowest BCUT2D eigenvalue weighted by molar-refractivity contribution is 0.0795. The molecule has 17 heavy (non-hydrogen) atoms. The van der Waals surface area contributed by atoms with Gasteiger partial charge in [-0.25, -0.2) is 0 Å². The van der Waals surface area contributed by atoms with Crippen LogP contribution >= 0.6 is 11.6 Å². The first kappa shape index (κ1) is 13.1. The number of amides is 1. The maximum absolute atomic E-state index is 12.0. The Hall–Kier alpha value is -1.97. The van der Waals surface area contributed by atoms with E-state index < -0.39 is 0 Å². The van der Waals surface area contributed by atoms with E-state index in [1.807, 2.05) is 13.0 Å². The molecule has 0 aliphatic rings. The maximum atomic E-state index is 12.0. The van der Waals surface area contributed by atoms with Gasteiger partial charge in [-0.05, 0) is 30.7 Å². The predicted molar refractivity (Wildman–Crippen MR) is 66.5 cm³/mol. The van der Waals surface area contributed by atoms with Crippen molar-refractivity contribution in [3.8, 4) is 18.4 Å². The van der Waals surface area contributed by atoms with Gasteiger partial charge in [-0.3, -0.25) is 4.79 Å². The highest BCUT2D eigenvalue weighted by atomic mass is 35.5. The van der Waals surface area contributed by atoms with Crippen molar-refractivity contribution in [2.75, 3.05) is 13.1 Å². The van der Waals surface area contributed by atoms with Crippen LogP contribution in [0.4, 0.5) is 0 Å². The molecule has 0 radical (unpaired) electrons. The minimum atomic E-state index is -0.282. The highest BCUT2D eigenvalue weighted by Crippen LogP contribution is 2.16. The van der Waals surface area contributed by atoms with Gasteiger partial charge < -0.3 is 4.90 Å². The smallest absolute Gasteiger partial charge is 0.255 e. The average molecular weight is 247 g/mol. The van der Waals surface area contributed by atoms with E-state index in [1.54, 1.807) is 18.2 Å². The zero-order valence-electron chi connectivity index (χ0n) is 9.40. The summed E-state index contributed by atoms with van der Waals surface area (Å²) >= 11 is 5.88. The number of terminal acetylenes is 1. The summed E-state index contributed by atoms with van der Waals surface area (Å²) in [5, 5.41) is 9.12. The second-order valence-corrected chi connectivity index (χ2v) is 3.98. The molecule has 4 heteroatoms. The molecule has 0 fully saturated rings. The molecular weight excluding hydrogens is 236 g/mol. The van der Waals surface area contributed by atoms with Crippen LogP contribution in [-0.4, -0.2) is 23.9 Å². The molecule has 0 spiro atoms. The lowest BCUT2D eigenvalue weighted by Gasteiger charge is -2.16. The third-order valence-corrected chi connectivity index (χ3v) is 2.34. The molecule has 0 N–H and O–H groups in total. The number of hydrogen-bond donors (Lipinski definition) is 0. The van der Waals surface area contributed by atoms with Crippen molar-refractivity contribution in [3.05, 3.63) is 34.3 Å². The third kappa shape index (κ3) is 3.52. The van der Waals surface area contributed by atoms with Crippen LogP contribution in [-0.2, 0) is 0 Å². The molecule has 0 saturated carbocycles. The van der Waals surface area contributed by atoms with Gasteiger partial charge in [-0.1, -0.05) is 17.5 Å². The molecule has 1 aromatic rings. The maximum Gasteiger partial charge on any atom is 0.255 e. The molecule has 0 heterocycles. The van der Waals surface area contributed by atoms with Crippen LogP contribution in [0.1, 0.15) is 15.9 Å². The zero-order valence-corrected chi connectivity index (χ0v) is 10.2. The number of carbonyl (C=O) groups excluding carboxylic acids is 1. The fourth-order valence-electron chi connectivity index (χ4n) is 1.44. The highest BCUT2D eigenvalue weighted by molar-refractivity contribution is 6.31. The number of aryl methyl sites for hydroxylation is 1. The standard InChI is InChI=1S/C13H11ClN2O/c1-3-5-16(6-4-15)13(17)11-7-10(2)8-12(14)9-11/h1,7-9H,5-6H2,2H3. The lowest BCUT2D eigenvalue weighted by atomic mass is 10.1. The number of benzene rings is 1. The van der Waals surface area contributed by atoms with Crippen LogP contribution in [0.5, 0.6) is 0 Å². The summed E-state index contributed by atoms with van der Waals surface area (Å²) in [5.74, 6) is 2.07. The van der Waals surface area contributed by atoms with Crippen LogP contribution in [0.25, 0.3) is 0 Å². The molecule has 1 amide bonds. The Labute approximate surface area is 106 Å². The summed E-state index contributed by atoms with van der Waals surface area (Å²) in [6, 6.07) is 6.95. The van der Waals surface area contributed by atoms with Crippen LogP contribution < -0.4 is 0 Å². The summed E-state index contributed by atoms with van der Waals surface area (Å²) in [5.41, 5.74) is 1.33. The Bertz CT molecular complexity index is 475. The quantitative estimate of drug-likeness (QED) is 0.607. The van der Waals surface area contributed by atoms with Crippen molar-refractivity contribution in [1.29, 1.82) is 5.26 Å². The monoisotopic (exact) mass is 246 g/mol. The van der Waals surface area contributed by atoms with Crippen molar-refractivity contribution < 1.29 is 4.79 Å². The van der Waals surface area contributed by atoms with Gasteiger partial charge in [0.2, 0.25) is 0 Å².